The van der Waals surface area contributed by atoms with Gasteiger partial charge < -0.3 is 9.80 Å². The maximum atomic E-state index is 12.4. The Morgan fingerprint density at radius 1 is 1.17 bits per heavy atom. The molecule has 0 N–H and O–H groups in total. The first-order valence-corrected chi connectivity index (χ1v) is 9.17. The number of carbonyl (C=O) groups is 1. The molecule has 2 saturated heterocycles. The summed E-state index contributed by atoms with van der Waals surface area (Å²) in [5, 5.41) is 1.28. The van der Waals surface area contributed by atoms with E-state index in [4.69, 9.17) is 0 Å². The molecule has 0 spiro atoms. The minimum Gasteiger partial charge on any atom is -0.340 e. The molecular formula is C13H23BrN2OS. The minimum atomic E-state index is 0.251. The maximum Gasteiger partial charge on any atom is 0.235 e. The molecule has 18 heavy (non-hydrogen) atoms. The average molecular weight is 335 g/mol. The fraction of sp³-hybridized carbons (Fsp3) is 0.923. The van der Waals surface area contributed by atoms with Crippen LogP contribution in [0.15, 0.2) is 0 Å². The summed E-state index contributed by atoms with van der Waals surface area (Å²) < 4.78 is 0. The molecule has 1 amide bonds. The number of hydrogen-bond acceptors (Lipinski definition) is 3. The van der Waals surface area contributed by atoms with Gasteiger partial charge in [-0.05, 0) is 31.6 Å². The molecule has 0 bridgehead atoms. The molecule has 0 aromatic rings. The zero-order chi connectivity index (χ0) is 12.8. The van der Waals surface area contributed by atoms with Crippen molar-refractivity contribution in [2.45, 2.75) is 30.9 Å². The molecule has 1 unspecified atom stereocenters. The van der Waals surface area contributed by atoms with Crippen LogP contribution in [0.3, 0.4) is 0 Å². The van der Waals surface area contributed by atoms with Crippen molar-refractivity contribution in [1.29, 1.82) is 0 Å². The van der Waals surface area contributed by atoms with Crippen LogP contribution in [0.2, 0.25) is 0 Å². The molecule has 2 aliphatic rings. The van der Waals surface area contributed by atoms with E-state index in [-0.39, 0.29) is 5.25 Å². The highest BCUT2D eigenvalue weighted by molar-refractivity contribution is 9.09. The number of alkyl halides is 1. The van der Waals surface area contributed by atoms with Crippen molar-refractivity contribution in [2.24, 2.45) is 0 Å². The minimum absolute atomic E-state index is 0.251. The van der Waals surface area contributed by atoms with Gasteiger partial charge in [0.2, 0.25) is 5.91 Å². The second-order valence-electron chi connectivity index (χ2n) is 5.06. The summed E-state index contributed by atoms with van der Waals surface area (Å²) >= 11 is 5.36. The molecule has 5 heteroatoms. The quantitative estimate of drug-likeness (QED) is 0.739. The van der Waals surface area contributed by atoms with Crippen LogP contribution in [0.4, 0.5) is 0 Å². The molecule has 104 valence electrons. The Kier molecular flexibility index (Phi) is 6.32. The van der Waals surface area contributed by atoms with Gasteiger partial charge >= 0.3 is 0 Å². The molecule has 0 saturated carbocycles. The summed E-state index contributed by atoms with van der Waals surface area (Å²) in [5.41, 5.74) is 0. The number of hydrogen-bond donors (Lipinski definition) is 0. The number of nitrogens with zero attached hydrogens (tertiary/aromatic N) is 2. The molecule has 0 aromatic heterocycles. The Labute approximate surface area is 123 Å². The predicted octanol–water partition coefficient (Wildman–Crippen LogP) is 2.20. The topological polar surface area (TPSA) is 23.6 Å². The van der Waals surface area contributed by atoms with E-state index in [1.807, 2.05) is 11.8 Å². The zero-order valence-corrected chi connectivity index (χ0v) is 13.3. The molecule has 1 atom stereocenters. The van der Waals surface area contributed by atoms with E-state index in [9.17, 15) is 4.79 Å². The highest BCUT2D eigenvalue weighted by atomic mass is 79.9. The molecule has 2 rings (SSSR count). The van der Waals surface area contributed by atoms with Gasteiger partial charge in [0.1, 0.15) is 0 Å². The molecule has 0 radical (unpaired) electrons. The summed E-state index contributed by atoms with van der Waals surface area (Å²) in [6.07, 6.45) is 4.72. The van der Waals surface area contributed by atoms with E-state index in [1.165, 1.54) is 18.6 Å². The molecular weight excluding hydrogens is 312 g/mol. The van der Waals surface area contributed by atoms with E-state index in [2.05, 4.69) is 25.7 Å². The van der Waals surface area contributed by atoms with Crippen molar-refractivity contribution >= 4 is 33.6 Å². The fourth-order valence-electron chi connectivity index (χ4n) is 2.67. The van der Waals surface area contributed by atoms with Crippen molar-refractivity contribution < 1.29 is 4.79 Å². The first-order valence-electron chi connectivity index (χ1n) is 7.00. The first-order chi connectivity index (χ1) is 8.81. The van der Waals surface area contributed by atoms with E-state index < -0.39 is 0 Å². The SMILES string of the molecule is O=C(C1CCCCS1)N1CCCN(CCBr)CC1. The van der Waals surface area contributed by atoms with Crippen molar-refractivity contribution in [3.8, 4) is 0 Å². The zero-order valence-electron chi connectivity index (χ0n) is 10.9. The lowest BCUT2D eigenvalue weighted by Gasteiger charge is -2.28. The van der Waals surface area contributed by atoms with Crippen molar-refractivity contribution in [3.05, 3.63) is 0 Å². The van der Waals surface area contributed by atoms with Crippen LogP contribution in [-0.4, -0.2) is 64.8 Å². The maximum absolute atomic E-state index is 12.4. The normalized spacial score (nSPS) is 26.9. The molecule has 0 aliphatic carbocycles. The third-order valence-electron chi connectivity index (χ3n) is 3.76. The summed E-state index contributed by atoms with van der Waals surface area (Å²) in [6.45, 7) is 5.14. The van der Waals surface area contributed by atoms with Crippen molar-refractivity contribution in [2.75, 3.05) is 43.8 Å². The third kappa shape index (κ3) is 4.14. The molecule has 0 aromatic carbocycles. The highest BCUT2D eigenvalue weighted by Crippen LogP contribution is 2.26. The van der Waals surface area contributed by atoms with Crippen molar-refractivity contribution in [1.82, 2.24) is 9.80 Å². The van der Waals surface area contributed by atoms with E-state index in [0.717, 1.165) is 50.9 Å². The van der Waals surface area contributed by atoms with Gasteiger partial charge in [-0.3, -0.25) is 4.79 Å². The number of amides is 1. The van der Waals surface area contributed by atoms with Crippen LogP contribution in [-0.2, 0) is 4.79 Å². The number of carbonyl (C=O) groups excluding carboxylic acids is 1. The van der Waals surface area contributed by atoms with Crippen LogP contribution in [0, 0.1) is 0 Å². The van der Waals surface area contributed by atoms with Crippen LogP contribution in [0.25, 0.3) is 0 Å². The summed E-state index contributed by atoms with van der Waals surface area (Å²) in [7, 11) is 0. The third-order valence-corrected chi connectivity index (χ3v) is 5.47. The van der Waals surface area contributed by atoms with E-state index >= 15 is 0 Å². The Balaban J connectivity index is 1.82. The number of thioether (sulfide) groups is 1. The van der Waals surface area contributed by atoms with E-state index in [0.29, 0.717) is 5.91 Å². The lowest BCUT2D eigenvalue weighted by Crippen LogP contribution is -2.41. The second-order valence-corrected chi connectivity index (χ2v) is 7.17. The molecule has 2 aliphatic heterocycles. The van der Waals surface area contributed by atoms with Crippen LogP contribution < -0.4 is 0 Å². The standard InChI is InChI=1S/C13H23BrN2OS/c14-5-8-15-6-3-7-16(10-9-15)13(17)12-4-1-2-11-18-12/h12H,1-11H2. The summed E-state index contributed by atoms with van der Waals surface area (Å²) in [4.78, 5) is 17.0. The summed E-state index contributed by atoms with van der Waals surface area (Å²) in [5.74, 6) is 1.57. The predicted molar refractivity (Wildman–Crippen MR) is 81.5 cm³/mol. The largest absolute Gasteiger partial charge is 0.340 e. The Hall–Kier alpha value is 0.260. The fourth-order valence-corrected chi connectivity index (χ4v) is 4.46. The number of halogens is 1. The Morgan fingerprint density at radius 3 is 2.78 bits per heavy atom. The van der Waals surface area contributed by atoms with Gasteiger partial charge in [0.05, 0.1) is 5.25 Å². The average Bonchev–Trinajstić information content (AvgIpc) is 2.65. The lowest BCUT2D eigenvalue weighted by atomic mass is 10.1. The number of rotatable bonds is 3. The Bertz CT molecular complexity index is 272. The lowest BCUT2D eigenvalue weighted by molar-refractivity contribution is -0.130. The van der Waals surface area contributed by atoms with E-state index in [1.54, 1.807) is 0 Å². The van der Waals surface area contributed by atoms with Gasteiger partial charge in [0, 0.05) is 31.5 Å². The van der Waals surface area contributed by atoms with Gasteiger partial charge in [-0.15, -0.1) is 11.8 Å². The van der Waals surface area contributed by atoms with Crippen LogP contribution >= 0.6 is 27.7 Å². The monoisotopic (exact) mass is 334 g/mol. The van der Waals surface area contributed by atoms with Gasteiger partial charge in [0.25, 0.3) is 0 Å². The smallest absolute Gasteiger partial charge is 0.235 e. The first kappa shape index (κ1) is 14.7. The second kappa shape index (κ2) is 7.75. The van der Waals surface area contributed by atoms with Crippen molar-refractivity contribution in [3.63, 3.8) is 0 Å². The molecule has 3 nitrogen and oxygen atoms in total. The highest BCUT2D eigenvalue weighted by Gasteiger charge is 2.27. The molecule has 2 fully saturated rings. The Morgan fingerprint density at radius 2 is 2.06 bits per heavy atom. The van der Waals surface area contributed by atoms with Crippen LogP contribution in [0.5, 0.6) is 0 Å². The van der Waals surface area contributed by atoms with Crippen LogP contribution in [0.1, 0.15) is 25.7 Å². The van der Waals surface area contributed by atoms with Gasteiger partial charge in [-0.1, -0.05) is 22.4 Å². The summed E-state index contributed by atoms with van der Waals surface area (Å²) in [6, 6.07) is 0. The molecule has 2 heterocycles. The van der Waals surface area contributed by atoms with Gasteiger partial charge in [0.15, 0.2) is 0 Å². The van der Waals surface area contributed by atoms with Gasteiger partial charge in [-0.25, -0.2) is 0 Å². The van der Waals surface area contributed by atoms with Gasteiger partial charge in [-0.2, -0.15) is 0 Å².